The van der Waals surface area contributed by atoms with Gasteiger partial charge in [0, 0.05) is 43.2 Å². The van der Waals surface area contributed by atoms with Gasteiger partial charge in [-0.15, -0.1) is 10.2 Å². The molecule has 0 saturated heterocycles. The highest BCUT2D eigenvalue weighted by Crippen LogP contribution is 2.25. The molecule has 3 aromatic rings. The molecule has 0 fully saturated rings. The van der Waals surface area contributed by atoms with Crippen molar-refractivity contribution in [1.29, 1.82) is 0 Å². The summed E-state index contributed by atoms with van der Waals surface area (Å²) >= 11 is 1.37. The van der Waals surface area contributed by atoms with Crippen LogP contribution in [0, 0.1) is 0 Å². The number of carbonyl (C=O) groups is 2. The number of unbranched alkanes of at least 4 members (excludes halogenated alkanes) is 3. The molecule has 0 spiro atoms. The minimum absolute atomic E-state index is 0.172. The first-order valence-corrected chi connectivity index (χ1v) is 9.77. The van der Waals surface area contributed by atoms with E-state index in [0.29, 0.717) is 12.2 Å². The Morgan fingerprint density at radius 3 is 2.77 bits per heavy atom. The Balaban J connectivity index is 1.51. The van der Waals surface area contributed by atoms with Crippen molar-refractivity contribution in [1.82, 2.24) is 25.3 Å². The molecule has 2 heterocycles. The highest BCUT2D eigenvalue weighted by molar-refractivity contribution is 8.13. The van der Waals surface area contributed by atoms with Crippen molar-refractivity contribution in [3.8, 4) is 0 Å². The zero-order chi connectivity index (χ0) is 18.5. The van der Waals surface area contributed by atoms with E-state index in [1.807, 2.05) is 30.1 Å². The Kier molecular flexibility index (Phi) is 5.92. The van der Waals surface area contributed by atoms with Gasteiger partial charge in [-0.05, 0) is 25.0 Å². The topological polar surface area (TPSA) is 92.7 Å². The van der Waals surface area contributed by atoms with Gasteiger partial charge in [0.25, 0.3) is 5.91 Å². The highest BCUT2D eigenvalue weighted by atomic mass is 32.2. The van der Waals surface area contributed by atoms with Gasteiger partial charge in [0.05, 0.1) is 5.52 Å². The summed E-state index contributed by atoms with van der Waals surface area (Å²) in [5, 5.41) is 16.2. The molecule has 7 nitrogen and oxygen atoms in total. The van der Waals surface area contributed by atoms with Gasteiger partial charge in [0.1, 0.15) is 5.52 Å². The molecule has 1 aromatic carbocycles. The van der Waals surface area contributed by atoms with Crippen LogP contribution in [0.4, 0.5) is 0 Å². The van der Waals surface area contributed by atoms with Crippen molar-refractivity contribution >= 4 is 44.6 Å². The van der Waals surface area contributed by atoms with Crippen molar-refractivity contribution in [2.75, 3.05) is 12.3 Å². The highest BCUT2D eigenvalue weighted by Gasteiger charge is 2.17. The number of rotatable bonds is 8. The summed E-state index contributed by atoms with van der Waals surface area (Å²) in [7, 11) is 1.93. The van der Waals surface area contributed by atoms with Gasteiger partial charge in [-0.2, -0.15) is 0 Å². The van der Waals surface area contributed by atoms with Crippen LogP contribution in [0.25, 0.3) is 21.8 Å². The summed E-state index contributed by atoms with van der Waals surface area (Å²) in [6.07, 6.45) is 5.92. The number of nitrogens with one attached hydrogen (secondary N) is 2. The lowest BCUT2D eigenvalue weighted by Crippen LogP contribution is -2.25. The maximum Gasteiger partial charge on any atom is 0.272 e. The molecule has 0 aliphatic rings. The summed E-state index contributed by atoms with van der Waals surface area (Å²) in [5.74, 6) is 0.696. The van der Waals surface area contributed by atoms with E-state index in [1.54, 1.807) is 6.92 Å². The van der Waals surface area contributed by atoms with E-state index in [-0.39, 0.29) is 11.0 Å². The number of hydrogen-bond acceptors (Lipinski definition) is 5. The van der Waals surface area contributed by atoms with Crippen molar-refractivity contribution in [2.24, 2.45) is 7.05 Å². The second kappa shape index (κ2) is 8.35. The van der Waals surface area contributed by atoms with Crippen molar-refractivity contribution in [3.63, 3.8) is 0 Å². The molecule has 3 rings (SSSR count). The Morgan fingerprint density at radius 1 is 1.15 bits per heavy atom. The number of aromatic amines is 1. The number of H-pyrrole nitrogens is 1. The van der Waals surface area contributed by atoms with E-state index in [2.05, 4.69) is 20.6 Å². The normalized spacial score (nSPS) is 11.3. The fourth-order valence-corrected chi connectivity index (χ4v) is 3.60. The van der Waals surface area contributed by atoms with E-state index in [9.17, 15) is 9.59 Å². The van der Waals surface area contributed by atoms with Crippen molar-refractivity contribution in [3.05, 3.63) is 24.0 Å². The van der Waals surface area contributed by atoms with Crippen LogP contribution in [0.15, 0.2) is 18.3 Å². The largest absolute Gasteiger partial charge is 0.351 e. The van der Waals surface area contributed by atoms with Gasteiger partial charge < -0.3 is 10.4 Å². The van der Waals surface area contributed by atoms with E-state index in [0.717, 1.165) is 53.2 Å². The third-order valence-corrected chi connectivity index (χ3v) is 5.24. The lowest BCUT2D eigenvalue weighted by Gasteiger charge is -2.04. The monoisotopic (exact) mass is 373 g/mol. The molecule has 0 aliphatic heterocycles. The predicted octanol–water partition coefficient (Wildman–Crippen LogP) is 3.02. The van der Waals surface area contributed by atoms with E-state index in [4.69, 9.17) is 0 Å². The zero-order valence-electron chi connectivity index (χ0n) is 15.0. The molecular formula is C18H23N5O2S. The summed E-state index contributed by atoms with van der Waals surface area (Å²) in [6, 6.07) is 3.86. The molecule has 0 radical (unpaired) electrons. The first-order chi connectivity index (χ1) is 12.6. The van der Waals surface area contributed by atoms with Crippen LogP contribution >= 0.6 is 11.8 Å². The van der Waals surface area contributed by atoms with Gasteiger partial charge in [-0.25, -0.2) is 0 Å². The van der Waals surface area contributed by atoms with Crippen LogP contribution in [0.2, 0.25) is 0 Å². The number of aromatic nitrogens is 4. The Bertz CT molecular complexity index is 930. The van der Waals surface area contributed by atoms with Crippen LogP contribution in [0.1, 0.15) is 43.1 Å². The Labute approximate surface area is 155 Å². The van der Waals surface area contributed by atoms with Crippen molar-refractivity contribution in [2.45, 2.75) is 32.6 Å². The molecule has 1 amide bonds. The predicted molar refractivity (Wildman–Crippen MR) is 104 cm³/mol. The number of fused-ring (bicyclic) bond motifs is 3. The van der Waals surface area contributed by atoms with Gasteiger partial charge in [-0.3, -0.25) is 14.3 Å². The van der Waals surface area contributed by atoms with Gasteiger partial charge in [0.2, 0.25) is 0 Å². The second-order valence-corrected chi connectivity index (χ2v) is 7.56. The molecular weight excluding hydrogens is 350 g/mol. The number of amides is 1. The minimum Gasteiger partial charge on any atom is -0.351 e. The average molecular weight is 373 g/mol. The molecule has 2 N–H and O–H groups in total. The zero-order valence-corrected chi connectivity index (χ0v) is 15.9. The minimum atomic E-state index is -0.182. The third kappa shape index (κ3) is 4.07. The molecule has 0 aliphatic carbocycles. The number of benzene rings is 1. The van der Waals surface area contributed by atoms with Crippen LogP contribution in [-0.4, -0.2) is 43.3 Å². The quantitative estimate of drug-likeness (QED) is 0.592. The average Bonchev–Trinajstić information content (AvgIpc) is 3.20. The molecule has 138 valence electrons. The standard InChI is InChI=1S/C18H23N5O2S/c1-12(24)26-10-6-4-3-5-9-19-18(25)17-13-7-8-15-14(11-20-23(15)2)16(13)21-22-17/h7-8,11,20H,3-6,9-10H2,1-2H3,(H,19,25). The lowest BCUT2D eigenvalue weighted by atomic mass is 10.1. The molecule has 0 saturated carbocycles. The fourth-order valence-electron chi connectivity index (χ4n) is 2.97. The lowest BCUT2D eigenvalue weighted by molar-refractivity contribution is -0.109. The first kappa shape index (κ1) is 18.4. The molecule has 0 atom stereocenters. The Morgan fingerprint density at radius 2 is 1.96 bits per heavy atom. The van der Waals surface area contributed by atoms with Crippen LogP contribution in [0.3, 0.4) is 0 Å². The van der Waals surface area contributed by atoms with Gasteiger partial charge in [0.15, 0.2) is 10.8 Å². The number of carbonyl (C=O) groups excluding carboxylic acids is 2. The third-order valence-electron chi connectivity index (χ3n) is 4.34. The first-order valence-electron chi connectivity index (χ1n) is 8.78. The summed E-state index contributed by atoms with van der Waals surface area (Å²) in [4.78, 5) is 23.2. The van der Waals surface area contributed by atoms with E-state index >= 15 is 0 Å². The SMILES string of the molecule is CC(=O)SCCCCCCNC(=O)c1nnc2c1ccc1c2c[nH]n1C. The van der Waals surface area contributed by atoms with E-state index < -0.39 is 0 Å². The summed E-state index contributed by atoms with van der Waals surface area (Å²) in [5.41, 5.74) is 2.14. The fraction of sp³-hybridized carbons (Fsp3) is 0.444. The number of thioether (sulfide) groups is 1. The number of aryl methyl sites for hydroxylation is 1. The van der Waals surface area contributed by atoms with Crippen LogP contribution in [-0.2, 0) is 11.8 Å². The van der Waals surface area contributed by atoms with E-state index in [1.165, 1.54) is 11.8 Å². The van der Waals surface area contributed by atoms with Gasteiger partial charge in [-0.1, -0.05) is 24.6 Å². The van der Waals surface area contributed by atoms with Crippen LogP contribution < -0.4 is 5.32 Å². The molecule has 0 bridgehead atoms. The van der Waals surface area contributed by atoms with Crippen molar-refractivity contribution < 1.29 is 9.59 Å². The summed E-state index contributed by atoms with van der Waals surface area (Å²) < 4.78 is 1.90. The molecule has 8 heteroatoms. The van der Waals surface area contributed by atoms with Gasteiger partial charge >= 0.3 is 0 Å². The Hall–Kier alpha value is -2.35. The molecule has 26 heavy (non-hydrogen) atoms. The van der Waals surface area contributed by atoms with Crippen LogP contribution in [0.5, 0.6) is 0 Å². The maximum atomic E-state index is 12.4. The second-order valence-electron chi connectivity index (χ2n) is 6.29. The maximum absolute atomic E-state index is 12.4. The number of hydrogen-bond donors (Lipinski definition) is 2. The molecule has 2 aromatic heterocycles. The smallest absolute Gasteiger partial charge is 0.272 e. The number of nitrogens with zero attached hydrogens (tertiary/aromatic N) is 3. The summed E-state index contributed by atoms with van der Waals surface area (Å²) in [6.45, 7) is 2.21. The molecule has 0 unspecified atom stereocenters.